The van der Waals surface area contributed by atoms with Gasteiger partial charge in [0, 0.05) is 38.9 Å². The van der Waals surface area contributed by atoms with E-state index in [1.54, 1.807) is 82.3 Å². The highest BCUT2D eigenvalue weighted by Crippen LogP contribution is 2.25. The molecule has 1 aliphatic heterocycles. The van der Waals surface area contributed by atoms with Crippen molar-refractivity contribution in [2.24, 2.45) is 11.8 Å². The van der Waals surface area contributed by atoms with Crippen molar-refractivity contribution in [1.82, 2.24) is 14.7 Å². The zero-order valence-electron chi connectivity index (χ0n) is 36.0. The topological polar surface area (TPSA) is 166 Å². The van der Waals surface area contributed by atoms with Crippen LogP contribution in [0.25, 0.3) is 0 Å². The van der Waals surface area contributed by atoms with Gasteiger partial charge in [0.2, 0.25) is 0 Å². The molecule has 1 heterocycles. The van der Waals surface area contributed by atoms with Crippen molar-refractivity contribution in [1.29, 1.82) is 0 Å². The van der Waals surface area contributed by atoms with Gasteiger partial charge in [0.25, 0.3) is 17.7 Å². The maximum Gasteiger partial charge on any atom is 0.329 e. The Balaban J connectivity index is 2.08. The van der Waals surface area contributed by atoms with E-state index >= 15 is 0 Å². The molecule has 1 aliphatic rings. The molecule has 9 atom stereocenters. The van der Waals surface area contributed by atoms with E-state index in [9.17, 15) is 33.6 Å². The monoisotopic (exact) mass is 819 g/mol. The fourth-order valence-electron chi connectivity index (χ4n) is 7.01. The molecule has 3 rings (SSSR count). The highest BCUT2D eigenvalue weighted by atomic mass is 16.6. The van der Waals surface area contributed by atoms with Gasteiger partial charge in [0.1, 0.15) is 17.8 Å². The third kappa shape index (κ3) is 12.2. The Morgan fingerprint density at radius 3 is 1.49 bits per heavy atom. The number of hydrogen-bond donors (Lipinski definition) is 0. The number of amides is 3. The molecule has 14 nitrogen and oxygen atoms in total. The van der Waals surface area contributed by atoms with Gasteiger partial charge in [-0.25, -0.2) is 9.59 Å². The molecule has 1 fully saturated rings. The van der Waals surface area contributed by atoms with E-state index in [2.05, 4.69) is 6.58 Å². The molecule has 9 unspecified atom stereocenters. The van der Waals surface area contributed by atoms with Gasteiger partial charge in [-0.3, -0.25) is 24.0 Å². The quantitative estimate of drug-likeness (QED) is 0.281. The van der Waals surface area contributed by atoms with Crippen LogP contribution in [0, 0.1) is 11.8 Å². The molecule has 0 aromatic heterocycles. The summed E-state index contributed by atoms with van der Waals surface area (Å²) in [5.74, 6) is -6.87. The van der Waals surface area contributed by atoms with Crippen molar-refractivity contribution < 1.29 is 52.5 Å². The molecule has 322 valence electrons. The molecule has 14 heteroatoms. The molecule has 1 saturated heterocycles. The maximum atomic E-state index is 14.3. The number of rotatable bonds is 7. The van der Waals surface area contributed by atoms with Gasteiger partial charge in [-0.05, 0) is 66.0 Å². The van der Waals surface area contributed by atoms with Crippen molar-refractivity contribution in [3.05, 3.63) is 84.1 Å². The zero-order valence-corrected chi connectivity index (χ0v) is 36.0. The number of nitrogens with zero attached hydrogens (tertiary/aromatic N) is 3. The molecule has 0 spiro atoms. The summed E-state index contributed by atoms with van der Waals surface area (Å²) >= 11 is 0. The van der Waals surface area contributed by atoms with E-state index in [0.29, 0.717) is 5.56 Å². The molecular weight excluding hydrogens is 759 g/mol. The van der Waals surface area contributed by atoms with E-state index < -0.39 is 95.8 Å². The number of Topliss-reactive ketones (excluding diaryl/α,β-unsaturated/α-hetero) is 1. The van der Waals surface area contributed by atoms with Gasteiger partial charge in [0.05, 0.1) is 12.0 Å². The molecular formula is C45H61N3O11. The molecule has 0 radical (unpaired) electrons. The number of carbonyl (C=O) groups is 7. The summed E-state index contributed by atoms with van der Waals surface area (Å²) in [5.41, 5.74) is 1.39. The van der Waals surface area contributed by atoms with E-state index in [1.807, 2.05) is 6.07 Å². The lowest BCUT2D eigenvalue weighted by Crippen LogP contribution is -2.52. The lowest BCUT2D eigenvalue weighted by molar-refractivity contribution is -0.171. The number of cyclic esters (lactones) is 3. The summed E-state index contributed by atoms with van der Waals surface area (Å²) in [6.07, 6.45) is -5.02. The van der Waals surface area contributed by atoms with Gasteiger partial charge in [-0.1, -0.05) is 81.1 Å². The van der Waals surface area contributed by atoms with Crippen molar-refractivity contribution in [2.75, 3.05) is 20.1 Å². The Labute approximate surface area is 348 Å². The Bertz CT molecular complexity index is 1800. The van der Waals surface area contributed by atoms with Crippen molar-refractivity contribution in [3.8, 4) is 0 Å². The highest BCUT2D eigenvalue weighted by Gasteiger charge is 2.40. The lowest BCUT2D eigenvalue weighted by Gasteiger charge is -2.35. The van der Waals surface area contributed by atoms with Crippen molar-refractivity contribution in [2.45, 2.75) is 124 Å². The molecule has 3 amide bonds. The number of likely N-dealkylation sites (N-methyl/N-ethyl adjacent to an activating group) is 3. The van der Waals surface area contributed by atoms with E-state index in [4.69, 9.17) is 18.9 Å². The standard InChI is InChI=1S/C45H61N3O11/c1-12-36-27(4)43(53)58-38(26-35-23-19-16-20-24-35)42(52)47(13-2)28(5)31(8)56-33(10)40(50)48(14-3)30(7)45(55)59-37(25-34-21-17-15-18-22-34)41(51)46(11)29(6)44(54)57-32(9)39(36)49/h15-24,27-30,32-33,36-38H,8,12-14,25-26H2,1-7,9-11H3. The smallest absolute Gasteiger partial charge is 0.329 e. The second-order valence-corrected chi connectivity index (χ2v) is 15.0. The largest absolute Gasteiger partial charge is 0.484 e. The number of carbonyl (C=O) groups excluding carboxylic acids is 7. The van der Waals surface area contributed by atoms with Crippen molar-refractivity contribution >= 4 is 41.4 Å². The Kier molecular flexibility index (Phi) is 17.8. The summed E-state index contributed by atoms with van der Waals surface area (Å²) in [5, 5.41) is 0. The minimum atomic E-state index is -1.40. The van der Waals surface area contributed by atoms with Crippen LogP contribution < -0.4 is 0 Å². The van der Waals surface area contributed by atoms with Crippen LogP contribution >= 0.6 is 0 Å². The Morgan fingerprint density at radius 1 is 0.542 bits per heavy atom. The Morgan fingerprint density at radius 2 is 1.00 bits per heavy atom. The van der Waals surface area contributed by atoms with Gasteiger partial charge in [-0.15, -0.1) is 0 Å². The predicted octanol–water partition coefficient (Wildman–Crippen LogP) is 4.71. The third-order valence-corrected chi connectivity index (χ3v) is 11.0. The van der Waals surface area contributed by atoms with Crippen LogP contribution in [0.2, 0.25) is 0 Å². The first-order valence-corrected chi connectivity index (χ1v) is 20.3. The average molecular weight is 820 g/mol. The Hall–Kier alpha value is -5.53. The molecule has 59 heavy (non-hydrogen) atoms. The van der Waals surface area contributed by atoms with E-state index in [0.717, 1.165) is 10.5 Å². The second kappa shape index (κ2) is 22.0. The third-order valence-electron chi connectivity index (χ3n) is 11.0. The summed E-state index contributed by atoms with van der Waals surface area (Å²) < 4.78 is 23.4. The first kappa shape index (κ1) is 47.8. The van der Waals surface area contributed by atoms with Crippen LogP contribution in [0.3, 0.4) is 0 Å². The number of ether oxygens (including phenoxy) is 4. The summed E-state index contributed by atoms with van der Waals surface area (Å²) in [4.78, 5) is 101. The number of esters is 3. The first-order chi connectivity index (χ1) is 27.9. The summed E-state index contributed by atoms with van der Waals surface area (Å²) in [6.45, 7) is 18.4. The molecule has 0 saturated carbocycles. The highest BCUT2D eigenvalue weighted by molar-refractivity contribution is 5.94. The van der Waals surface area contributed by atoms with Gasteiger partial charge < -0.3 is 33.6 Å². The molecule has 0 aliphatic carbocycles. The number of ketones is 1. The molecule has 0 N–H and O–H groups in total. The predicted molar refractivity (Wildman–Crippen MR) is 219 cm³/mol. The van der Waals surface area contributed by atoms with Gasteiger partial charge in [0.15, 0.2) is 30.2 Å². The number of benzene rings is 2. The SMILES string of the molecule is C=C1OC(C)C(=O)N(CC)C(C)C(=O)OC(Cc2ccccc2)C(=O)N(C)C(C)C(=O)OC(C)C(=O)C(CC)C(C)C(=O)OC(Cc2ccccc2)C(=O)N(CC)C1C. The van der Waals surface area contributed by atoms with Crippen LogP contribution in [0.15, 0.2) is 73.0 Å². The number of hydrogen-bond acceptors (Lipinski definition) is 11. The summed E-state index contributed by atoms with van der Waals surface area (Å²) in [7, 11) is 1.36. The zero-order chi connectivity index (χ0) is 44.1. The second-order valence-electron chi connectivity index (χ2n) is 15.0. The van der Waals surface area contributed by atoms with Crippen molar-refractivity contribution in [3.63, 3.8) is 0 Å². The van der Waals surface area contributed by atoms with E-state index in [1.165, 1.54) is 51.5 Å². The maximum absolute atomic E-state index is 14.3. The molecule has 2 aromatic rings. The minimum absolute atomic E-state index is 0.0259. The fraction of sp³-hybridized carbons (Fsp3) is 0.533. The van der Waals surface area contributed by atoms with Gasteiger partial charge >= 0.3 is 17.9 Å². The van der Waals surface area contributed by atoms with Crippen LogP contribution in [0.4, 0.5) is 0 Å². The van der Waals surface area contributed by atoms with Crippen LogP contribution in [-0.2, 0) is 65.4 Å². The van der Waals surface area contributed by atoms with Crippen LogP contribution in [0.1, 0.15) is 79.9 Å². The lowest BCUT2D eigenvalue weighted by atomic mass is 9.85. The molecule has 0 bridgehead atoms. The normalized spacial score (nSPS) is 28.0. The fourth-order valence-corrected chi connectivity index (χ4v) is 7.01. The van der Waals surface area contributed by atoms with E-state index in [-0.39, 0.29) is 38.1 Å². The molecule has 2 aromatic carbocycles. The summed E-state index contributed by atoms with van der Waals surface area (Å²) in [6, 6.07) is 14.7. The van der Waals surface area contributed by atoms with Gasteiger partial charge in [-0.2, -0.15) is 0 Å². The average Bonchev–Trinajstić information content (AvgIpc) is 3.22. The first-order valence-electron chi connectivity index (χ1n) is 20.3. The van der Waals surface area contributed by atoms with Crippen LogP contribution in [-0.4, -0.2) is 119 Å². The van der Waals surface area contributed by atoms with Crippen LogP contribution in [0.5, 0.6) is 0 Å². The minimum Gasteiger partial charge on any atom is -0.484 e.